The highest BCUT2D eigenvalue weighted by Gasteiger charge is 2.23. The van der Waals surface area contributed by atoms with Gasteiger partial charge in [0.15, 0.2) is 5.82 Å². The van der Waals surface area contributed by atoms with Gasteiger partial charge < -0.3 is 5.11 Å². The molecule has 1 aromatic heterocycles. The SMILES string of the molecule is OCCn1nnc(C2CCC2)n1. The maximum Gasteiger partial charge on any atom is 0.177 e. The van der Waals surface area contributed by atoms with Crippen LogP contribution in [-0.2, 0) is 6.54 Å². The topological polar surface area (TPSA) is 63.8 Å². The Morgan fingerprint density at radius 3 is 2.92 bits per heavy atom. The maximum atomic E-state index is 8.61. The van der Waals surface area contributed by atoms with Crippen LogP contribution in [0.1, 0.15) is 31.0 Å². The Hall–Kier alpha value is -0.970. The Balaban J connectivity index is 2.02. The number of nitrogens with zero attached hydrogens (tertiary/aromatic N) is 4. The first-order valence-electron chi connectivity index (χ1n) is 4.28. The Morgan fingerprint density at radius 1 is 1.50 bits per heavy atom. The van der Waals surface area contributed by atoms with Crippen LogP contribution in [0.3, 0.4) is 0 Å². The molecule has 12 heavy (non-hydrogen) atoms. The number of hydrogen-bond acceptors (Lipinski definition) is 4. The first-order valence-corrected chi connectivity index (χ1v) is 4.28. The van der Waals surface area contributed by atoms with E-state index in [4.69, 9.17) is 5.11 Å². The van der Waals surface area contributed by atoms with E-state index < -0.39 is 0 Å². The average Bonchev–Trinajstić information content (AvgIpc) is 2.34. The van der Waals surface area contributed by atoms with Gasteiger partial charge in [-0.15, -0.1) is 10.2 Å². The molecule has 0 saturated heterocycles. The molecule has 1 aromatic rings. The van der Waals surface area contributed by atoms with Gasteiger partial charge in [0.05, 0.1) is 13.2 Å². The molecule has 1 heterocycles. The molecule has 66 valence electrons. The molecule has 1 aliphatic carbocycles. The largest absolute Gasteiger partial charge is 0.394 e. The maximum absolute atomic E-state index is 8.61. The molecule has 0 aromatic carbocycles. The van der Waals surface area contributed by atoms with Crippen LogP contribution < -0.4 is 0 Å². The first kappa shape index (κ1) is 7.67. The van der Waals surface area contributed by atoms with Crippen molar-refractivity contribution >= 4 is 0 Å². The molecule has 1 saturated carbocycles. The fourth-order valence-electron chi connectivity index (χ4n) is 1.27. The molecule has 5 nitrogen and oxygen atoms in total. The van der Waals surface area contributed by atoms with Crippen LogP contribution in [0.15, 0.2) is 0 Å². The predicted octanol–water partition coefficient (Wildman–Crippen LogP) is -0.0671. The summed E-state index contributed by atoms with van der Waals surface area (Å²) in [7, 11) is 0. The van der Waals surface area contributed by atoms with Gasteiger partial charge in [0.1, 0.15) is 0 Å². The quantitative estimate of drug-likeness (QED) is 0.686. The zero-order valence-electron chi connectivity index (χ0n) is 6.85. The van der Waals surface area contributed by atoms with Gasteiger partial charge in [0.25, 0.3) is 0 Å². The molecule has 1 aliphatic rings. The van der Waals surface area contributed by atoms with Crippen molar-refractivity contribution in [2.75, 3.05) is 6.61 Å². The third kappa shape index (κ3) is 1.32. The minimum Gasteiger partial charge on any atom is -0.394 e. The van der Waals surface area contributed by atoms with Crippen LogP contribution in [0.2, 0.25) is 0 Å². The molecule has 0 unspecified atom stereocenters. The lowest BCUT2D eigenvalue weighted by Gasteiger charge is -2.20. The van der Waals surface area contributed by atoms with Crippen molar-refractivity contribution < 1.29 is 5.11 Å². The molecule has 1 fully saturated rings. The highest BCUT2D eigenvalue weighted by atomic mass is 16.3. The van der Waals surface area contributed by atoms with Gasteiger partial charge in [0.2, 0.25) is 0 Å². The van der Waals surface area contributed by atoms with E-state index in [1.54, 1.807) is 0 Å². The lowest BCUT2D eigenvalue weighted by atomic mass is 9.85. The second-order valence-electron chi connectivity index (χ2n) is 3.09. The van der Waals surface area contributed by atoms with E-state index in [2.05, 4.69) is 15.4 Å². The van der Waals surface area contributed by atoms with Gasteiger partial charge in [-0.05, 0) is 18.1 Å². The van der Waals surface area contributed by atoms with Gasteiger partial charge in [-0.3, -0.25) is 0 Å². The van der Waals surface area contributed by atoms with Crippen LogP contribution in [0.4, 0.5) is 0 Å². The Kier molecular flexibility index (Phi) is 2.03. The van der Waals surface area contributed by atoms with Crippen LogP contribution >= 0.6 is 0 Å². The lowest BCUT2D eigenvalue weighted by Crippen LogP contribution is -2.11. The normalized spacial score (nSPS) is 17.8. The number of aromatic nitrogens is 4. The highest BCUT2D eigenvalue weighted by Crippen LogP contribution is 2.33. The molecular weight excluding hydrogens is 156 g/mol. The third-order valence-corrected chi connectivity index (χ3v) is 2.24. The van der Waals surface area contributed by atoms with Crippen molar-refractivity contribution in [1.82, 2.24) is 20.2 Å². The minimum atomic E-state index is 0.0699. The minimum absolute atomic E-state index is 0.0699. The average molecular weight is 168 g/mol. The van der Waals surface area contributed by atoms with E-state index in [0.29, 0.717) is 12.5 Å². The van der Waals surface area contributed by atoms with Crippen LogP contribution in [0.25, 0.3) is 0 Å². The van der Waals surface area contributed by atoms with Crippen LogP contribution in [-0.4, -0.2) is 31.9 Å². The first-order chi connectivity index (χ1) is 5.90. The summed E-state index contributed by atoms with van der Waals surface area (Å²) in [6.45, 7) is 0.514. The summed E-state index contributed by atoms with van der Waals surface area (Å²) in [6, 6.07) is 0. The molecule has 5 heteroatoms. The summed E-state index contributed by atoms with van der Waals surface area (Å²) in [5.41, 5.74) is 0. The van der Waals surface area contributed by atoms with Gasteiger partial charge >= 0.3 is 0 Å². The zero-order chi connectivity index (χ0) is 8.39. The standard InChI is InChI=1S/C7H12N4O/c12-5-4-11-9-7(8-10-11)6-2-1-3-6/h6,12H,1-5H2. The van der Waals surface area contributed by atoms with E-state index in [1.807, 2.05) is 0 Å². The fraction of sp³-hybridized carbons (Fsp3) is 0.857. The fourth-order valence-corrected chi connectivity index (χ4v) is 1.27. The Labute approximate surface area is 70.4 Å². The van der Waals surface area contributed by atoms with Crippen LogP contribution in [0.5, 0.6) is 0 Å². The molecule has 0 bridgehead atoms. The van der Waals surface area contributed by atoms with Crippen LogP contribution in [0, 0.1) is 0 Å². The summed E-state index contributed by atoms with van der Waals surface area (Å²) < 4.78 is 0. The van der Waals surface area contributed by atoms with Crippen molar-refractivity contribution in [3.8, 4) is 0 Å². The van der Waals surface area contributed by atoms with Gasteiger partial charge in [0, 0.05) is 5.92 Å². The zero-order valence-corrected chi connectivity index (χ0v) is 6.85. The molecule has 0 amide bonds. The van der Waals surface area contributed by atoms with E-state index in [9.17, 15) is 0 Å². The third-order valence-electron chi connectivity index (χ3n) is 2.24. The van der Waals surface area contributed by atoms with Crippen molar-refractivity contribution in [1.29, 1.82) is 0 Å². The van der Waals surface area contributed by atoms with E-state index >= 15 is 0 Å². The second kappa shape index (κ2) is 3.18. The number of hydrogen-bond donors (Lipinski definition) is 1. The monoisotopic (exact) mass is 168 g/mol. The van der Waals surface area contributed by atoms with Crippen molar-refractivity contribution in [3.05, 3.63) is 5.82 Å². The number of rotatable bonds is 3. The number of aliphatic hydroxyl groups is 1. The smallest absolute Gasteiger partial charge is 0.177 e. The highest BCUT2D eigenvalue weighted by molar-refractivity contribution is 4.96. The summed E-state index contributed by atoms with van der Waals surface area (Å²) in [4.78, 5) is 1.45. The molecule has 1 N–H and O–H groups in total. The summed E-state index contributed by atoms with van der Waals surface area (Å²) in [5.74, 6) is 1.37. The molecule has 0 atom stereocenters. The second-order valence-corrected chi connectivity index (χ2v) is 3.09. The Bertz CT molecular complexity index is 256. The van der Waals surface area contributed by atoms with E-state index in [-0.39, 0.29) is 6.61 Å². The molecule has 0 aliphatic heterocycles. The van der Waals surface area contributed by atoms with Gasteiger partial charge in [-0.2, -0.15) is 4.80 Å². The van der Waals surface area contributed by atoms with Gasteiger partial charge in [-0.25, -0.2) is 0 Å². The summed E-state index contributed by atoms with van der Waals surface area (Å²) >= 11 is 0. The molecule has 2 rings (SSSR count). The summed E-state index contributed by atoms with van der Waals surface area (Å²) in [6.07, 6.45) is 3.65. The van der Waals surface area contributed by atoms with Crippen molar-refractivity contribution in [2.45, 2.75) is 31.7 Å². The molecular formula is C7H12N4O. The van der Waals surface area contributed by atoms with E-state index in [0.717, 1.165) is 5.82 Å². The van der Waals surface area contributed by atoms with Crippen molar-refractivity contribution in [3.63, 3.8) is 0 Å². The number of aliphatic hydroxyl groups excluding tert-OH is 1. The summed E-state index contributed by atoms with van der Waals surface area (Å²) in [5, 5.41) is 20.5. The van der Waals surface area contributed by atoms with Crippen molar-refractivity contribution in [2.24, 2.45) is 0 Å². The number of tetrazole rings is 1. The molecule has 0 spiro atoms. The van der Waals surface area contributed by atoms with E-state index in [1.165, 1.54) is 24.1 Å². The Morgan fingerprint density at radius 2 is 2.33 bits per heavy atom. The molecule has 0 radical (unpaired) electrons. The van der Waals surface area contributed by atoms with Gasteiger partial charge in [-0.1, -0.05) is 6.42 Å². The predicted molar refractivity (Wildman–Crippen MR) is 41.5 cm³/mol. The lowest BCUT2D eigenvalue weighted by molar-refractivity contribution is 0.258.